The number of allylic oxidation sites excluding steroid dienone is 1. The van der Waals surface area contributed by atoms with Gasteiger partial charge in [0.2, 0.25) is 0 Å². The Hall–Kier alpha value is -1.40. The zero-order valence-corrected chi connectivity index (χ0v) is 16.7. The van der Waals surface area contributed by atoms with Crippen LogP contribution in [0.1, 0.15) is 49.8 Å². The van der Waals surface area contributed by atoms with Gasteiger partial charge in [-0.25, -0.2) is 4.79 Å². The van der Waals surface area contributed by atoms with E-state index in [4.69, 9.17) is 9.84 Å². The number of ether oxygens (including phenoxy) is 1. The molecule has 0 aromatic carbocycles. The molecule has 0 spiro atoms. The largest absolute Gasteiger partial charge is 0.511 e. The number of carboxylic acid groups (broad SMARTS) is 1. The third-order valence-corrected chi connectivity index (χ3v) is 7.02. The predicted octanol–water partition coefficient (Wildman–Crippen LogP) is 6.08. The molecule has 0 bridgehead atoms. The first-order valence-electron chi connectivity index (χ1n) is 9.44. The summed E-state index contributed by atoms with van der Waals surface area (Å²) in [6.45, 7) is 1.58. The van der Waals surface area contributed by atoms with Crippen molar-refractivity contribution in [2.75, 3.05) is 12.3 Å². The van der Waals surface area contributed by atoms with Gasteiger partial charge in [-0.2, -0.15) is 0 Å². The third-order valence-electron chi connectivity index (χ3n) is 4.94. The van der Waals surface area contributed by atoms with Gasteiger partial charge in [0, 0.05) is 11.4 Å². The van der Waals surface area contributed by atoms with Crippen LogP contribution in [0, 0.1) is 5.92 Å². The van der Waals surface area contributed by atoms with Crippen LogP contribution in [0.4, 0.5) is 4.79 Å². The maximum atomic E-state index is 11.1. The van der Waals surface area contributed by atoms with Crippen molar-refractivity contribution in [3.05, 3.63) is 45.3 Å². The van der Waals surface area contributed by atoms with Crippen LogP contribution in [0.25, 0.3) is 0 Å². The van der Waals surface area contributed by atoms with Gasteiger partial charge in [-0.05, 0) is 42.0 Å². The van der Waals surface area contributed by atoms with Crippen molar-refractivity contribution in [3.8, 4) is 0 Å². The number of carbonyl (C=O) groups is 1. The van der Waals surface area contributed by atoms with Crippen molar-refractivity contribution in [2.24, 2.45) is 5.92 Å². The molecule has 1 aliphatic carbocycles. The summed E-state index contributed by atoms with van der Waals surface area (Å²) in [4.78, 5) is 14.5. The van der Waals surface area contributed by atoms with Gasteiger partial charge in [0.25, 0.3) is 0 Å². The fourth-order valence-corrected chi connectivity index (χ4v) is 5.47. The van der Waals surface area contributed by atoms with Crippen molar-refractivity contribution in [1.82, 2.24) is 4.90 Å². The van der Waals surface area contributed by atoms with Crippen LogP contribution in [0.15, 0.2) is 40.5 Å². The zero-order valence-electron chi connectivity index (χ0n) is 15.1. The van der Waals surface area contributed by atoms with E-state index in [0.717, 1.165) is 29.8 Å². The van der Waals surface area contributed by atoms with Gasteiger partial charge in [0.15, 0.2) is 5.76 Å². The minimum absolute atomic E-state index is 0.461. The molecule has 1 aromatic heterocycles. The van der Waals surface area contributed by atoms with Gasteiger partial charge in [-0.3, -0.25) is 0 Å². The lowest BCUT2D eigenvalue weighted by atomic mass is 9.86. The van der Waals surface area contributed by atoms with Crippen LogP contribution in [-0.2, 0) is 11.3 Å². The molecule has 1 N–H and O–H groups in total. The second kappa shape index (κ2) is 10.1. The lowest BCUT2D eigenvalue weighted by Gasteiger charge is -2.29. The molecular formula is C20H27NO3S2. The fourth-order valence-electron chi connectivity index (χ4n) is 3.67. The summed E-state index contributed by atoms with van der Waals surface area (Å²) in [7, 11) is 0. The number of hydrogen-bond donors (Lipinski definition) is 1. The van der Waals surface area contributed by atoms with Crippen LogP contribution in [0.3, 0.4) is 0 Å². The molecule has 1 fully saturated rings. The molecular weight excluding hydrogens is 366 g/mol. The average Bonchev–Trinajstić information content (AvgIpc) is 3.14. The Balaban J connectivity index is 1.59. The summed E-state index contributed by atoms with van der Waals surface area (Å²) >= 11 is 3.46. The standard InChI is InChI=1S/C20H27NO3S2/c22-20(23)24-18-11-4-12-21(15-17-10-6-13-25-17)19(18)26-14-5-9-16-7-2-1-3-8-16/h4,6,10-11,13,16H,1-3,5,7-9,12,14-15H2,(H,22,23). The molecule has 1 aliphatic heterocycles. The third kappa shape index (κ3) is 5.81. The molecule has 0 amide bonds. The van der Waals surface area contributed by atoms with Gasteiger partial charge in [-0.15, -0.1) is 23.1 Å². The minimum Gasteiger partial charge on any atom is -0.449 e. The van der Waals surface area contributed by atoms with Crippen LogP contribution in [-0.4, -0.2) is 28.5 Å². The van der Waals surface area contributed by atoms with Gasteiger partial charge in [0.1, 0.15) is 5.03 Å². The summed E-state index contributed by atoms with van der Waals surface area (Å²) in [6.07, 6.45) is 11.9. The van der Waals surface area contributed by atoms with E-state index in [1.54, 1.807) is 29.2 Å². The van der Waals surface area contributed by atoms with E-state index in [-0.39, 0.29) is 0 Å². The average molecular weight is 394 g/mol. The summed E-state index contributed by atoms with van der Waals surface area (Å²) in [6, 6.07) is 4.17. The van der Waals surface area contributed by atoms with Crippen molar-refractivity contribution in [2.45, 2.75) is 51.5 Å². The molecule has 0 unspecified atom stereocenters. The maximum Gasteiger partial charge on any atom is 0.511 e. The molecule has 0 saturated heterocycles. The molecule has 4 nitrogen and oxygen atoms in total. The minimum atomic E-state index is -1.25. The summed E-state index contributed by atoms with van der Waals surface area (Å²) in [5.74, 6) is 2.36. The van der Waals surface area contributed by atoms with Crippen LogP contribution in [0.5, 0.6) is 0 Å². The van der Waals surface area contributed by atoms with Gasteiger partial charge in [0.05, 0.1) is 6.54 Å². The number of thiophene rings is 1. The molecule has 2 heterocycles. The summed E-state index contributed by atoms with van der Waals surface area (Å²) in [5, 5.41) is 12.1. The normalized spacial score (nSPS) is 18.4. The Kier molecular flexibility index (Phi) is 7.50. The second-order valence-corrected chi connectivity index (χ2v) is 9.01. The Morgan fingerprint density at radius 2 is 2.19 bits per heavy atom. The van der Waals surface area contributed by atoms with Crippen molar-refractivity contribution in [3.63, 3.8) is 0 Å². The first kappa shape index (κ1) is 19.4. The lowest BCUT2D eigenvalue weighted by molar-refractivity contribution is 0.119. The smallest absolute Gasteiger partial charge is 0.449 e. The summed E-state index contributed by atoms with van der Waals surface area (Å²) in [5.41, 5.74) is 0. The molecule has 142 valence electrons. The van der Waals surface area contributed by atoms with Crippen molar-refractivity contribution in [1.29, 1.82) is 0 Å². The molecule has 26 heavy (non-hydrogen) atoms. The second-order valence-electron chi connectivity index (χ2n) is 6.89. The molecule has 3 rings (SSSR count). The monoisotopic (exact) mass is 393 g/mol. The fraction of sp³-hybridized carbons (Fsp3) is 0.550. The maximum absolute atomic E-state index is 11.1. The van der Waals surface area contributed by atoms with E-state index in [1.807, 2.05) is 6.08 Å². The highest BCUT2D eigenvalue weighted by Crippen LogP contribution is 2.33. The molecule has 0 radical (unpaired) electrons. The van der Waals surface area contributed by atoms with E-state index in [2.05, 4.69) is 22.4 Å². The van der Waals surface area contributed by atoms with Crippen molar-refractivity contribution >= 4 is 29.3 Å². The number of rotatable bonds is 8. The first-order chi connectivity index (χ1) is 12.7. The van der Waals surface area contributed by atoms with Gasteiger partial charge < -0.3 is 14.7 Å². The van der Waals surface area contributed by atoms with E-state index in [9.17, 15) is 4.79 Å². The Bertz CT molecular complexity index is 633. The van der Waals surface area contributed by atoms with Crippen LogP contribution in [0.2, 0.25) is 0 Å². The topological polar surface area (TPSA) is 49.8 Å². The first-order valence-corrected chi connectivity index (χ1v) is 11.3. The highest BCUT2D eigenvalue weighted by Gasteiger charge is 2.21. The van der Waals surface area contributed by atoms with E-state index in [1.165, 1.54) is 49.8 Å². The Morgan fingerprint density at radius 1 is 1.35 bits per heavy atom. The number of thioether (sulfide) groups is 1. The SMILES string of the molecule is O=C(O)OC1=C(SCCCC2CCCCC2)N(Cc2cccs2)CC=C1. The lowest BCUT2D eigenvalue weighted by Crippen LogP contribution is -2.25. The van der Waals surface area contributed by atoms with Crippen LogP contribution < -0.4 is 0 Å². The molecule has 1 saturated carbocycles. The number of hydrogen-bond acceptors (Lipinski definition) is 5. The quantitative estimate of drug-likeness (QED) is 0.428. The van der Waals surface area contributed by atoms with Crippen LogP contribution >= 0.6 is 23.1 Å². The van der Waals surface area contributed by atoms with Gasteiger partial charge in [-0.1, -0.05) is 44.2 Å². The molecule has 1 aromatic rings. The Morgan fingerprint density at radius 3 is 2.92 bits per heavy atom. The molecule has 2 aliphatic rings. The predicted molar refractivity (Wildman–Crippen MR) is 108 cm³/mol. The number of nitrogens with zero attached hydrogens (tertiary/aromatic N) is 1. The molecule has 0 atom stereocenters. The van der Waals surface area contributed by atoms with E-state index in [0.29, 0.717) is 5.76 Å². The molecule has 6 heteroatoms. The van der Waals surface area contributed by atoms with E-state index < -0.39 is 6.16 Å². The van der Waals surface area contributed by atoms with E-state index >= 15 is 0 Å². The summed E-state index contributed by atoms with van der Waals surface area (Å²) < 4.78 is 5.05. The van der Waals surface area contributed by atoms with Gasteiger partial charge >= 0.3 is 6.16 Å². The Labute approximate surface area is 163 Å². The highest BCUT2D eigenvalue weighted by atomic mass is 32.2. The highest BCUT2D eigenvalue weighted by molar-refractivity contribution is 8.03. The zero-order chi connectivity index (χ0) is 18.2. The van der Waals surface area contributed by atoms with Crippen molar-refractivity contribution < 1.29 is 14.6 Å².